The molecule has 0 aliphatic carbocycles. The Hall–Kier alpha value is -4.33. The number of aromatic amines is 1. The van der Waals surface area contributed by atoms with E-state index < -0.39 is 0 Å². The highest BCUT2D eigenvalue weighted by atomic mass is 16.5. The summed E-state index contributed by atoms with van der Waals surface area (Å²) in [5.74, 6) is 1.23. The Morgan fingerprint density at radius 3 is 2.64 bits per heavy atom. The van der Waals surface area contributed by atoms with Gasteiger partial charge in [0.1, 0.15) is 11.5 Å². The van der Waals surface area contributed by atoms with Crippen molar-refractivity contribution in [2.24, 2.45) is 0 Å². The molecule has 33 heavy (non-hydrogen) atoms. The first kappa shape index (κ1) is 21.9. The van der Waals surface area contributed by atoms with Crippen molar-refractivity contribution in [3.05, 3.63) is 94.5 Å². The van der Waals surface area contributed by atoms with Crippen molar-refractivity contribution in [1.82, 2.24) is 14.9 Å². The van der Waals surface area contributed by atoms with Gasteiger partial charge in [-0.3, -0.25) is 9.78 Å². The van der Waals surface area contributed by atoms with E-state index in [0.29, 0.717) is 28.3 Å². The number of aromatic nitrogens is 2. The van der Waals surface area contributed by atoms with Crippen molar-refractivity contribution < 1.29 is 14.3 Å². The number of fused-ring (bicyclic) bond motifs is 1. The van der Waals surface area contributed by atoms with Crippen LogP contribution in [0.3, 0.4) is 0 Å². The Kier molecular flexibility index (Phi) is 6.54. The molecular weight excluding hydrogens is 420 g/mol. The number of ether oxygens (including phenoxy) is 2. The zero-order chi connectivity index (χ0) is 23.2. The minimum Gasteiger partial charge on any atom is -0.497 e. The van der Waals surface area contributed by atoms with E-state index in [1.165, 1.54) is 0 Å². The van der Waals surface area contributed by atoms with E-state index in [9.17, 15) is 9.59 Å². The van der Waals surface area contributed by atoms with Gasteiger partial charge in [-0.05, 0) is 48.0 Å². The first-order valence-corrected chi connectivity index (χ1v) is 10.3. The highest BCUT2D eigenvalue weighted by Crippen LogP contribution is 2.24. The molecule has 2 aromatic heterocycles. The molecule has 0 radical (unpaired) electrons. The zero-order valence-corrected chi connectivity index (χ0v) is 18.4. The Labute approximate surface area is 190 Å². The number of nitrogens with zero attached hydrogens (tertiary/aromatic N) is 2. The molecule has 4 aromatic rings. The van der Waals surface area contributed by atoms with Gasteiger partial charge in [0.25, 0.3) is 5.56 Å². The number of hydrogen-bond acceptors (Lipinski definition) is 5. The van der Waals surface area contributed by atoms with Crippen LogP contribution in [0.25, 0.3) is 10.9 Å². The molecule has 0 fully saturated rings. The van der Waals surface area contributed by atoms with Gasteiger partial charge >= 0.3 is 6.03 Å². The van der Waals surface area contributed by atoms with E-state index in [1.54, 1.807) is 67.9 Å². The summed E-state index contributed by atoms with van der Waals surface area (Å²) in [7, 11) is 3.13. The molecule has 0 atom stereocenters. The summed E-state index contributed by atoms with van der Waals surface area (Å²) in [5.41, 5.74) is 2.27. The van der Waals surface area contributed by atoms with Crippen LogP contribution in [0.1, 0.15) is 11.1 Å². The van der Waals surface area contributed by atoms with Gasteiger partial charge in [-0.25, -0.2) is 4.79 Å². The first-order valence-electron chi connectivity index (χ1n) is 10.3. The second-order valence-corrected chi connectivity index (χ2v) is 7.42. The molecule has 2 amide bonds. The summed E-state index contributed by atoms with van der Waals surface area (Å²) in [5, 5.41) is 3.70. The van der Waals surface area contributed by atoms with E-state index in [2.05, 4.69) is 15.3 Å². The SMILES string of the molecule is COc1ccc2[nH]c(=O)c(CN(Cc3cccnc3)C(=O)Nc3ccccc3OC)cc2c1. The number of amides is 2. The number of nitrogens with one attached hydrogen (secondary N) is 2. The lowest BCUT2D eigenvalue weighted by Gasteiger charge is -2.23. The first-order chi connectivity index (χ1) is 16.1. The predicted octanol–water partition coefficient (Wildman–Crippen LogP) is 4.17. The number of carbonyl (C=O) groups is 1. The van der Waals surface area contributed by atoms with Crippen LogP contribution in [-0.2, 0) is 13.1 Å². The molecule has 0 unspecified atom stereocenters. The normalized spacial score (nSPS) is 10.6. The molecule has 4 rings (SSSR count). The molecule has 0 saturated carbocycles. The smallest absolute Gasteiger partial charge is 0.322 e. The van der Waals surface area contributed by atoms with Gasteiger partial charge in [-0.1, -0.05) is 18.2 Å². The maximum Gasteiger partial charge on any atom is 0.322 e. The van der Waals surface area contributed by atoms with E-state index in [0.717, 1.165) is 10.9 Å². The van der Waals surface area contributed by atoms with Crippen molar-refractivity contribution in [2.75, 3.05) is 19.5 Å². The van der Waals surface area contributed by atoms with E-state index >= 15 is 0 Å². The molecule has 0 spiro atoms. The minimum atomic E-state index is -0.367. The summed E-state index contributed by atoms with van der Waals surface area (Å²) in [6.45, 7) is 0.364. The van der Waals surface area contributed by atoms with Gasteiger partial charge in [0, 0.05) is 35.4 Å². The van der Waals surface area contributed by atoms with Crippen molar-refractivity contribution in [3.8, 4) is 11.5 Å². The molecule has 8 heteroatoms. The summed E-state index contributed by atoms with van der Waals surface area (Å²) in [6, 6.07) is 17.7. The summed E-state index contributed by atoms with van der Waals surface area (Å²) >= 11 is 0. The average molecular weight is 444 g/mol. The molecule has 168 valence electrons. The molecule has 0 bridgehead atoms. The fourth-order valence-electron chi connectivity index (χ4n) is 3.53. The predicted molar refractivity (Wildman–Crippen MR) is 127 cm³/mol. The van der Waals surface area contributed by atoms with Crippen LogP contribution in [0.15, 0.2) is 77.9 Å². The van der Waals surface area contributed by atoms with E-state index in [-0.39, 0.29) is 24.7 Å². The topological polar surface area (TPSA) is 96.6 Å². The number of para-hydroxylation sites is 2. The number of carbonyl (C=O) groups excluding carboxylic acids is 1. The van der Waals surface area contributed by atoms with Gasteiger partial charge in [0.2, 0.25) is 0 Å². The number of benzene rings is 2. The van der Waals surface area contributed by atoms with E-state index in [1.807, 2.05) is 24.3 Å². The number of pyridine rings is 2. The molecular formula is C25H24N4O4. The molecule has 0 aliphatic rings. The quantitative estimate of drug-likeness (QED) is 0.446. The van der Waals surface area contributed by atoms with Crippen LogP contribution in [0.5, 0.6) is 11.5 Å². The number of anilines is 1. The summed E-state index contributed by atoms with van der Waals surface area (Å²) in [6.07, 6.45) is 3.36. The number of H-pyrrole nitrogens is 1. The number of hydrogen-bond donors (Lipinski definition) is 2. The molecule has 0 saturated heterocycles. The zero-order valence-electron chi connectivity index (χ0n) is 18.4. The molecule has 2 aromatic carbocycles. The third kappa shape index (κ3) is 5.12. The van der Waals surface area contributed by atoms with Gasteiger partial charge in [0.05, 0.1) is 26.5 Å². The Balaban J connectivity index is 1.66. The number of methoxy groups -OCH3 is 2. The van der Waals surface area contributed by atoms with Crippen LogP contribution in [0.2, 0.25) is 0 Å². The lowest BCUT2D eigenvalue weighted by molar-refractivity contribution is 0.206. The van der Waals surface area contributed by atoms with Crippen LogP contribution in [-0.4, -0.2) is 35.1 Å². The Bertz CT molecular complexity index is 1320. The summed E-state index contributed by atoms with van der Waals surface area (Å²) < 4.78 is 10.6. The van der Waals surface area contributed by atoms with Crippen LogP contribution in [0.4, 0.5) is 10.5 Å². The molecule has 2 heterocycles. The summed E-state index contributed by atoms with van der Waals surface area (Å²) in [4.78, 5) is 34.6. The maximum atomic E-state index is 13.3. The van der Waals surface area contributed by atoms with Crippen LogP contribution in [0, 0.1) is 0 Å². The lowest BCUT2D eigenvalue weighted by Crippen LogP contribution is -2.35. The molecule has 0 aliphatic heterocycles. The van der Waals surface area contributed by atoms with Crippen molar-refractivity contribution in [3.63, 3.8) is 0 Å². The van der Waals surface area contributed by atoms with Gasteiger partial charge < -0.3 is 24.7 Å². The fourth-order valence-corrected chi connectivity index (χ4v) is 3.53. The third-order valence-electron chi connectivity index (χ3n) is 5.22. The van der Waals surface area contributed by atoms with Crippen LogP contribution < -0.4 is 20.3 Å². The van der Waals surface area contributed by atoms with Crippen molar-refractivity contribution >= 4 is 22.6 Å². The van der Waals surface area contributed by atoms with E-state index in [4.69, 9.17) is 9.47 Å². The Morgan fingerprint density at radius 2 is 1.88 bits per heavy atom. The number of urea groups is 1. The third-order valence-corrected chi connectivity index (χ3v) is 5.22. The van der Waals surface area contributed by atoms with Gasteiger partial charge in [0.15, 0.2) is 0 Å². The van der Waals surface area contributed by atoms with Crippen molar-refractivity contribution in [1.29, 1.82) is 0 Å². The monoisotopic (exact) mass is 444 g/mol. The minimum absolute atomic E-state index is 0.0956. The van der Waals surface area contributed by atoms with Gasteiger partial charge in [-0.15, -0.1) is 0 Å². The average Bonchev–Trinajstić information content (AvgIpc) is 2.84. The fraction of sp³-hybridized carbons (Fsp3) is 0.160. The molecule has 2 N–H and O–H groups in total. The number of rotatable bonds is 7. The van der Waals surface area contributed by atoms with Crippen molar-refractivity contribution in [2.45, 2.75) is 13.1 Å². The standard InChI is InChI=1S/C25H24N4O4/c1-32-20-9-10-21-18(13-20)12-19(24(30)27-21)16-29(15-17-6-5-11-26-14-17)25(31)28-22-7-3-4-8-23(22)33-2/h3-14H,15-16H2,1-2H3,(H,27,30)(H,28,31). The second kappa shape index (κ2) is 9.86. The lowest BCUT2D eigenvalue weighted by atomic mass is 10.1. The Morgan fingerprint density at radius 1 is 1.03 bits per heavy atom. The highest BCUT2D eigenvalue weighted by molar-refractivity contribution is 5.91. The van der Waals surface area contributed by atoms with Crippen LogP contribution >= 0.6 is 0 Å². The van der Waals surface area contributed by atoms with Gasteiger partial charge in [-0.2, -0.15) is 0 Å². The largest absolute Gasteiger partial charge is 0.497 e. The molecule has 8 nitrogen and oxygen atoms in total. The second-order valence-electron chi connectivity index (χ2n) is 7.42. The highest BCUT2D eigenvalue weighted by Gasteiger charge is 2.18. The maximum absolute atomic E-state index is 13.3.